The molecule has 9 heteroatoms. The fourth-order valence-corrected chi connectivity index (χ4v) is 4.31. The molecule has 1 saturated heterocycles. The van der Waals surface area contributed by atoms with Crippen LogP contribution in [-0.4, -0.2) is 46.8 Å². The molecule has 3 heterocycles. The molecule has 1 atom stereocenters. The molecule has 0 bridgehead atoms. The number of pyridine rings is 1. The van der Waals surface area contributed by atoms with Gasteiger partial charge in [0.25, 0.3) is 5.91 Å². The Kier molecular flexibility index (Phi) is 4.93. The maximum atomic E-state index is 12.4. The Morgan fingerprint density at radius 2 is 2.20 bits per heavy atom. The van der Waals surface area contributed by atoms with Crippen LogP contribution < -0.4 is 10.6 Å². The monoisotopic (exact) mass is 361 g/mol. The molecule has 2 aromatic rings. The third kappa shape index (κ3) is 4.72. The van der Waals surface area contributed by atoms with Crippen molar-refractivity contribution in [3.05, 3.63) is 47.7 Å². The van der Waals surface area contributed by atoms with Crippen LogP contribution in [-0.2, 0) is 16.4 Å². The topological polar surface area (TPSA) is 114 Å². The number of aromatic nitrogens is 3. The normalized spacial score (nSPS) is 18.7. The molecule has 2 aromatic heterocycles. The lowest BCUT2D eigenvalue weighted by Gasteiger charge is -2.12. The second-order valence-electron chi connectivity index (χ2n) is 5.97. The van der Waals surface area contributed by atoms with Crippen molar-refractivity contribution in [3.8, 4) is 0 Å². The van der Waals surface area contributed by atoms with E-state index in [9.17, 15) is 13.2 Å². The largest absolute Gasteiger partial charge is 0.366 e. The van der Waals surface area contributed by atoms with Gasteiger partial charge in [0.1, 0.15) is 17.3 Å². The van der Waals surface area contributed by atoms with Crippen molar-refractivity contribution in [1.29, 1.82) is 0 Å². The summed E-state index contributed by atoms with van der Waals surface area (Å²) in [5.74, 6) is 0.686. The van der Waals surface area contributed by atoms with Gasteiger partial charge in [-0.05, 0) is 25.0 Å². The van der Waals surface area contributed by atoms with Crippen molar-refractivity contribution in [1.82, 2.24) is 20.3 Å². The van der Waals surface area contributed by atoms with Crippen molar-refractivity contribution in [2.45, 2.75) is 25.9 Å². The van der Waals surface area contributed by atoms with Crippen LogP contribution in [0.4, 0.5) is 5.82 Å². The SMILES string of the molecule is Cc1nc(NCc2cccnc2)cc(C(=O)NC2CCS(=O)(=O)C2)n1. The highest BCUT2D eigenvalue weighted by Gasteiger charge is 2.29. The van der Waals surface area contributed by atoms with Crippen LogP contribution in [0, 0.1) is 6.92 Å². The fourth-order valence-electron chi connectivity index (χ4n) is 2.64. The summed E-state index contributed by atoms with van der Waals surface area (Å²) in [7, 11) is -3.04. The number of hydrogen-bond donors (Lipinski definition) is 2. The maximum Gasteiger partial charge on any atom is 0.270 e. The van der Waals surface area contributed by atoms with Crippen molar-refractivity contribution < 1.29 is 13.2 Å². The summed E-state index contributed by atoms with van der Waals surface area (Å²) >= 11 is 0. The van der Waals surface area contributed by atoms with E-state index >= 15 is 0 Å². The third-order valence-electron chi connectivity index (χ3n) is 3.83. The van der Waals surface area contributed by atoms with Gasteiger partial charge in [-0.25, -0.2) is 18.4 Å². The molecule has 0 saturated carbocycles. The number of sulfone groups is 1. The lowest BCUT2D eigenvalue weighted by atomic mass is 10.2. The molecule has 8 nitrogen and oxygen atoms in total. The molecule has 1 fully saturated rings. The molecule has 0 aliphatic carbocycles. The van der Waals surface area contributed by atoms with Gasteiger partial charge < -0.3 is 10.6 Å². The number of carbonyl (C=O) groups is 1. The van der Waals surface area contributed by atoms with Gasteiger partial charge >= 0.3 is 0 Å². The highest BCUT2D eigenvalue weighted by atomic mass is 32.2. The zero-order valence-corrected chi connectivity index (χ0v) is 14.6. The fraction of sp³-hybridized carbons (Fsp3) is 0.375. The van der Waals surface area contributed by atoms with Gasteiger partial charge in [0.05, 0.1) is 11.5 Å². The molecule has 1 amide bonds. The molecule has 1 unspecified atom stereocenters. The molecule has 0 radical (unpaired) electrons. The number of carbonyl (C=O) groups excluding carboxylic acids is 1. The van der Waals surface area contributed by atoms with Crippen LogP contribution in [0.5, 0.6) is 0 Å². The molecule has 2 N–H and O–H groups in total. The molecule has 3 rings (SSSR count). The van der Waals surface area contributed by atoms with Gasteiger partial charge in [-0.1, -0.05) is 6.07 Å². The first-order valence-electron chi connectivity index (χ1n) is 7.91. The van der Waals surface area contributed by atoms with E-state index in [0.717, 1.165) is 5.56 Å². The average Bonchev–Trinajstić information content (AvgIpc) is 2.92. The predicted octanol–water partition coefficient (Wildman–Crippen LogP) is 0.709. The molecule has 25 heavy (non-hydrogen) atoms. The van der Waals surface area contributed by atoms with Crippen molar-refractivity contribution in [2.75, 3.05) is 16.8 Å². The number of rotatable bonds is 5. The van der Waals surface area contributed by atoms with Crippen molar-refractivity contribution in [3.63, 3.8) is 0 Å². The minimum Gasteiger partial charge on any atom is -0.366 e. The second kappa shape index (κ2) is 7.14. The summed E-state index contributed by atoms with van der Waals surface area (Å²) in [4.78, 5) is 24.8. The highest BCUT2D eigenvalue weighted by molar-refractivity contribution is 7.91. The van der Waals surface area contributed by atoms with Crippen LogP contribution >= 0.6 is 0 Å². The van der Waals surface area contributed by atoms with E-state index in [1.54, 1.807) is 25.4 Å². The third-order valence-corrected chi connectivity index (χ3v) is 5.60. The van der Waals surface area contributed by atoms with E-state index < -0.39 is 15.7 Å². The van der Waals surface area contributed by atoms with Gasteiger partial charge in [-0.15, -0.1) is 0 Å². The van der Waals surface area contributed by atoms with E-state index in [4.69, 9.17) is 0 Å². The molecular weight excluding hydrogens is 342 g/mol. The van der Waals surface area contributed by atoms with Gasteiger partial charge in [0, 0.05) is 31.0 Å². The van der Waals surface area contributed by atoms with Crippen molar-refractivity contribution >= 4 is 21.6 Å². The summed E-state index contributed by atoms with van der Waals surface area (Å²) in [6.45, 7) is 2.22. The number of nitrogens with zero attached hydrogens (tertiary/aromatic N) is 3. The van der Waals surface area contributed by atoms with Gasteiger partial charge in [0.15, 0.2) is 9.84 Å². The zero-order valence-electron chi connectivity index (χ0n) is 13.8. The van der Waals surface area contributed by atoms with Crippen LogP contribution in [0.15, 0.2) is 30.6 Å². The predicted molar refractivity (Wildman–Crippen MR) is 92.9 cm³/mol. The summed E-state index contributed by atoms with van der Waals surface area (Å²) in [5, 5.41) is 5.87. The number of hydrogen-bond acceptors (Lipinski definition) is 7. The number of aryl methyl sites for hydroxylation is 1. The van der Waals surface area contributed by atoms with E-state index in [-0.39, 0.29) is 23.2 Å². The molecule has 0 aromatic carbocycles. The van der Waals surface area contributed by atoms with Gasteiger partial charge in [0.2, 0.25) is 0 Å². The van der Waals surface area contributed by atoms with Crippen LogP contribution in [0.2, 0.25) is 0 Å². The maximum absolute atomic E-state index is 12.4. The quantitative estimate of drug-likeness (QED) is 0.806. The van der Waals surface area contributed by atoms with E-state index in [1.165, 1.54) is 0 Å². The summed E-state index contributed by atoms with van der Waals surface area (Å²) in [5.41, 5.74) is 1.20. The summed E-state index contributed by atoms with van der Waals surface area (Å²) < 4.78 is 23.0. The number of nitrogens with one attached hydrogen (secondary N) is 2. The number of amides is 1. The summed E-state index contributed by atoms with van der Waals surface area (Å²) in [6.07, 6.45) is 3.88. The number of anilines is 1. The van der Waals surface area contributed by atoms with Gasteiger partial charge in [-0.3, -0.25) is 9.78 Å². The van der Waals surface area contributed by atoms with Crippen LogP contribution in [0.1, 0.15) is 28.3 Å². The van der Waals surface area contributed by atoms with E-state index in [2.05, 4.69) is 25.6 Å². The first kappa shape index (κ1) is 17.3. The minimum absolute atomic E-state index is 0.0189. The first-order chi connectivity index (χ1) is 11.9. The zero-order chi connectivity index (χ0) is 17.9. The molecule has 132 valence electrons. The Balaban J connectivity index is 1.67. The lowest BCUT2D eigenvalue weighted by molar-refractivity contribution is 0.0935. The van der Waals surface area contributed by atoms with Crippen LogP contribution in [0.3, 0.4) is 0 Å². The molecule has 0 spiro atoms. The minimum atomic E-state index is -3.04. The Bertz CT molecular complexity index is 871. The molecular formula is C16H19N5O3S. The van der Waals surface area contributed by atoms with Crippen molar-refractivity contribution in [2.24, 2.45) is 0 Å². The standard InChI is InChI=1S/C16H19N5O3S/c1-11-19-14(16(22)21-13-4-6-25(23,24)10-13)7-15(20-11)18-9-12-3-2-5-17-8-12/h2-3,5,7-8,13H,4,6,9-10H2,1H3,(H,21,22)(H,18,19,20). The van der Waals surface area contributed by atoms with Crippen LogP contribution in [0.25, 0.3) is 0 Å². The van der Waals surface area contributed by atoms with E-state index in [0.29, 0.717) is 24.6 Å². The summed E-state index contributed by atoms with van der Waals surface area (Å²) in [6, 6.07) is 4.97. The smallest absolute Gasteiger partial charge is 0.270 e. The Labute approximate surface area is 146 Å². The van der Waals surface area contributed by atoms with E-state index in [1.807, 2.05) is 12.1 Å². The second-order valence-corrected chi connectivity index (χ2v) is 8.20. The Morgan fingerprint density at radius 3 is 2.88 bits per heavy atom. The Hall–Kier alpha value is -2.55. The molecule has 1 aliphatic heterocycles. The highest BCUT2D eigenvalue weighted by Crippen LogP contribution is 2.13. The Morgan fingerprint density at radius 1 is 1.36 bits per heavy atom. The van der Waals surface area contributed by atoms with Gasteiger partial charge in [-0.2, -0.15) is 0 Å². The average molecular weight is 361 g/mol. The first-order valence-corrected chi connectivity index (χ1v) is 9.73. The molecule has 1 aliphatic rings. The lowest BCUT2D eigenvalue weighted by Crippen LogP contribution is -2.36.